The van der Waals surface area contributed by atoms with Crippen molar-refractivity contribution in [2.45, 2.75) is 27.4 Å². The van der Waals surface area contributed by atoms with Gasteiger partial charge in [-0.1, -0.05) is 17.7 Å². The number of aromatic nitrogens is 1. The van der Waals surface area contributed by atoms with E-state index in [2.05, 4.69) is 4.98 Å². The number of pyridine rings is 1. The van der Waals surface area contributed by atoms with Crippen LogP contribution in [-0.4, -0.2) is 11.0 Å². The van der Waals surface area contributed by atoms with E-state index in [0.717, 1.165) is 5.56 Å². The van der Waals surface area contributed by atoms with Gasteiger partial charge in [0.05, 0.1) is 5.41 Å². The van der Waals surface area contributed by atoms with Crippen molar-refractivity contribution in [3.8, 4) is 0 Å². The third kappa shape index (κ3) is 3.88. The molecule has 0 aliphatic rings. The number of carbonyl (C=O) groups excluding carboxylic acids is 1. The summed E-state index contributed by atoms with van der Waals surface area (Å²) in [5.41, 5.74) is 0.358. The fourth-order valence-corrected chi connectivity index (χ4v) is 0.969. The number of esters is 1. The second kappa shape index (κ2) is 4.62. The first kappa shape index (κ1) is 12.0. The maximum atomic E-state index is 11.4. The number of carbonyl (C=O) groups is 1. The minimum atomic E-state index is -0.472. The molecule has 0 saturated heterocycles. The Morgan fingerprint density at radius 1 is 1.47 bits per heavy atom. The van der Waals surface area contributed by atoms with Gasteiger partial charge in [-0.25, -0.2) is 4.98 Å². The normalized spacial score (nSPS) is 11.2. The molecule has 0 N–H and O–H groups in total. The Balaban J connectivity index is 2.51. The van der Waals surface area contributed by atoms with Crippen LogP contribution in [0.4, 0.5) is 0 Å². The molecular formula is C11H14ClNO2. The quantitative estimate of drug-likeness (QED) is 0.576. The number of hydrogen-bond acceptors (Lipinski definition) is 3. The van der Waals surface area contributed by atoms with Crippen molar-refractivity contribution in [2.75, 3.05) is 0 Å². The summed E-state index contributed by atoms with van der Waals surface area (Å²) in [5.74, 6) is -0.225. The highest BCUT2D eigenvalue weighted by molar-refractivity contribution is 6.29. The van der Waals surface area contributed by atoms with Crippen molar-refractivity contribution in [2.24, 2.45) is 5.41 Å². The zero-order valence-electron chi connectivity index (χ0n) is 9.08. The number of hydrogen-bond donors (Lipinski definition) is 0. The van der Waals surface area contributed by atoms with Crippen LogP contribution in [0, 0.1) is 5.41 Å². The van der Waals surface area contributed by atoms with Crippen molar-refractivity contribution in [3.05, 3.63) is 29.0 Å². The van der Waals surface area contributed by atoms with Gasteiger partial charge >= 0.3 is 5.97 Å². The molecule has 0 atom stereocenters. The van der Waals surface area contributed by atoms with Crippen molar-refractivity contribution in [1.29, 1.82) is 0 Å². The summed E-state index contributed by atoms with van der Waals surface area (Å²) in [6, 6.07) is 3.45. The lowest BCUT2D eigenvalue weighted by Crippen LogP contribution is -2.22. The second-order valence-electron chi connectivity index (χ2n) is 4.32. The first-order valence-corrected chi connectivity index (χ1v) is 5.05. The highest BCUT2D eigenvalue weighted by atomic mass is 35.5. The van der Waals surface area contributed by atoms with Crippen LogP contribution < -0.4 is 0 Å². The lowest BCUT2D eigenvalue weighted by atomic mass is 9.97. The molecule has 15 heavy (non-hydrogen) atoms. The van der Waals surface area contributed by atoms with Crippen LogP contribution in [0.15, 0.2) is 18.3 Å². The van der Waals surface area contributed by atoms with Gasteiger partial charge in [-0.3, -0.25) is 4.79 Å². The zero-order chi connectivity index (χ0) is 11.5. The van der Waals surface area contributed by atoms with Crippen LogP contribution in [0.25, 0.3) is 0 Å². The van der Waals surface area contributed by atoms with E-state index in [4.69, 9.17) is 16.3 Å². The Morgan fingerprint density at radius 3 is 2.60 bits per heavy atom. The van der Waals surface area contributed by atoms with Crippen molar-refractivity contribution < 1.29 is 9.53 Å². The molecule has 4 heteroatoms. The molecule has 0 unspecified atom stereocenters. The molecule has 0 saturated carbocycles. The summed E-state index contributed by atoms with van der Waals surface area (Å²) in [6.45, 7) is 5.68. The van der Waals surface area contributed by atoms with E-state index in [1.165, 1.54) is 0 Å². The smallest absolute Gasteiger partial charge is 0.311 e. The van der Waals surface area contributed by atoms with E-state index in [0.29, 0.717) is 5.15 Å². The first-order valence-electron chi connectivity index (χ1n) is 4.67. The third-order valence-electron chi connectivity index (χ3n) is 1.77. The number of nitrogens with zero attached hydrogens (tertiary/aromatic N) is 1. The fraction of sp³-hybridized carbons (Fsp3) is 0.455. The number of rotatable bonds is 2. The molecular weight excluding hydrogens is 214 g/mol. The molecule has 3 nitrogen and oxygen atoms in total. The molecule has 1 rings (SSSR count). The van der Waals surface area contributed by atoms with E-state index >= 15 is 0 Å². The summed E-state index contributed by atoms with van der Waals surface area (Å²) in [6.07, 6.45) is 1.60. The maximum Gasteiger partial charge on any atom is 0.311 e. The molecule has 0 radical (unpaired) electrons. The van der Waals surface area contributed by atoms with E-state index in [9.17, 15) is 4.79 Å². The lowest BCUT2D eigenvalue weighted by Gasteiger charge is -2.16. The summed E-state index contributed by atoms with van der Waals surface area (Å²) >= 11 is 5.63. The van der Waals surface area contributed by atoms with Gasteiger partial charge in [-0.15, -0.1) is 0 Å². The maximum absolute atomic E-state index is 11.4. The molecule has 0 aromatic carbocycles. The molecule has 0 amide bonds. The van der Waals surface area contributed by atoms with Crippen molar-refractivity contribution in [3.63, 3.8) is 0 Å². The highest BCUT2D eigenvalue weighted by Crippen LogP contribution is 2.16. The molecule has 1 heterocycles. The number of ether oxygens (including phenoxy) is 1. The van der Waals surface area contributed by atoms with Gasteiger partial charge in [-0.2, -0.15) is 0 Å². The third-order valence-corrected chi connectivity index (χ3v) is 1.99. The Kier molecular flexibility index (Phi) is 3.69. The van der Waals surface area contributed by atoms with Gasteiger partial charge in [0.2, 0.25) is 0 Å². The summed E-state index contributed by atoms with van der Waals surface area (Å²) in [4.78, 5) is 15.3. The van der Waals surface area contributed by atoms with Gasteiger partial charge in [0.15, 0.2) is 0 Å². The van der Waals surface area contributed by atoms with Crippen molar-refractivity contribution >= 4 is 17.6 Å². The van der Waals surface area contributed by atoms with Gasteiger partial charge in [0.25, 0.3) is 0 Å². The van der Waals surface area contributed by atoms with Crippen LogP contribution in [0.3, 0.4) is 0 Å². The lowest BCUT2D eigenvalue weighted by molar-refractivity contribution is -0.154. The summed E-state index contributed by atoms with van der Waals surface area (Å²) in [7, 11) is 0. The van der Waals surface area contributed by atoms with Crippen LogP contribution in [0.5, 0.6) is 0 Å². The van der Waals surface area contributed by atoms with Gasteiger partial charge in [0.1, 0.15) is 11.8 Å². The molecule has 1 aromatic heterocycles. The van der Waals surface area contributed by atoms with Gasteiger partial charge < -0.3 is 4.74 Å². The standard InChI is InChI=1S/C11H14ClNO2/c1-11(2,3)10(14)15-7-8-4-5-9(12)13-6-8/h4-6H,7H2,1-3H3. The SMILES string of the molecule is CC(C)(C)C(=O)OCc1ccc(Cl)nc1. The van der Waals surface area contributed by atoms with Crippen molar-refractivity contribution in [1.82, 2.24) is 4.98 Å². The fourth-order valence-electron chi connectivity index (χ4n) is 0.857. The molecule has 0 fully saturated rings. The van der Waals surface area contributed by atoms with E-state index < -0.39 is 5.41 Å². The Morgan fingerprint density at radius 2 is 2.13 bits per heavy atom. The second-order valence-corrected chi connectivity index (χ2v) is 4.70. The Labute approximate surface area is 94.4 Å². The summed E-state index contributed by atoms with van der Waals surface area (Å²) < 4.78 is 5.11. The topological polar surface area (TPSA) is 39.2 Å². The van der Waals surface area contributed by atoms with E-state index in [1.807, 2.05) is 20.8 Å². The van der Waals surface area contributed by atoms with Crippen LogP contribution in [-0.2, 0) is 16.1 Å². The minimum Gasteiger partial charge on any atom is -0.460 e. The van der Waals surface area contributed by atoms with Gasteiger partial charge in [-0.05, 0) is 26.8 Å². The molecule has 0 aliphatic carbocycles. The average Bonchev–Trinajstić information content (AvgIpc) is 2.15. The van der Waals surface area contributed by atoms with E-state index in [1.54, 1.807) is 18.3 Å². The van der Waals surface area contributed by atoms with Crippen LogP contribution in [0.2, 0.25) is 5.15 Å². The Bertz CT molecular complexity index is 341. The Hall–Kier alpha value is -1.09. The molecule has 0 spiro atoms. The minimum absolute atomic E-state index is 0.225. The predicted molar refractivity (Wildman–Crippen MR) is 58.5 cm³/mol. The zero-order valence-corrected chi connectivity index (χ0v) is 9.84. The highest BCUT2D eigenvalue weighted by Gasteiger charge is 2.22. The van der Waals surface area contributed by atoms with Gasteiger partial charge in [0, 0.05) is 11.8 Å². The molecule has 0 bridgehead atoms. The van der Waals surface area contributed by atoms with E-state index in [-0.39, 0.29) is 12.6 Å². The predicted octanol–water partition coefficient (Wildman–Crippen LogP) is 2.82. The van der Waals surface area contributed by atoms with Crippen LogP contribution in [0.1, 0.15) is 26.3 Å². The molecule has 82 valence electrons. The van der Waals surface area contributed by atoms with Crippen LogP contribution >= 0.6 is 11.6 Å². The summed E-state index contributed by atoms with van der Waals surface area (Å²) in [5, 5.41) is 0.431. The monoisotopic (exact) mass is 227 g/mol. The largest absolute Gasteiger partial charge is 0.460 e. The average molecular weight is 228 g/mol. The number of halogens is 1. The molecule has 0 aliphatic heterocycles. The molecule has 1 aromatic rings. The first-order chi connectivity index (χ1) is 6.89.